The summed E-state index contributed by atoms with van der Waals surface area (Å²) in [6.45, 7) is 9.37. The Balaban J connectivity index is 2.05. The number of benzene rings is 1. The van der Waals surface area contributed by atoms with Gasteiger partial charge < -0.3 is 15.1 Å². The molecule has 0 unspecified atom stereocenters. The van der Waals surface area contributed by atoms with Gasteiger partial charge in [-0.3, -0.25) is 10.1 Å². The van der Waals surface area contributed by atoms with Gasteiger partial charge >= 0.3 is 0 Å². The van der Waals surface area contributed by atoms with Crippen molar-refractivity contribution in [1.82, 2.24) is 15.6 Å². The Hall–Kier alpha value is -2.90. The smallest absolute Gasteiger partial charge is 0.274 e. The van der Waals surface area contributed by atoms with Crippen molar-refractivity contribution >= 4 is 11.6 Å². The lowest BCUT2D eigenvalue weighted by atomic mass is 9.94. The third-order valence-electron chi connectivity index (χ3n) is 3.64. The average Bonchev–Trinajstić information content (AvgIpc) is 3.07. The molecule has 0 atom stereocenters. The van der Waals surface area contributed by atoms with E-state index < -0.39 is 4.92 Å². The minimum Gasteiger partial charge on any atom is -0.443 e. The molecule has 2 aromatic rings. The molecule has 140 valence electrons. The van der Waals surface area contributed by atoms with Crippen molar-refractivity contribution in [1.29, 1.82) is 0 Å². The Bertz CT molecular complexity index is 777. The molecule has 0 saturated heterocycles. The average molecular weight is 359 g/mol. The van der Waals surface area contributed by atoms with Gasteiger partial charge in [0.2, 0.25) is 5.89 Å². The molecule has 2 rings (SSSR count). The Morgan fingerprint density at radius 1 is 1.31 bits per heavy atom. The van der Waals surface area contributed by atoms with E-state index in [2.05, 4.69) is 41.4 Å². The fourth-order valence-corrected chi connectivity index (χ4v) is 2.23. The minimum absolute atomic E-state index is 0.0645. The van der Waals surface area contributed by atoms with E-state index in [1.807, 2.05) is 6.92 Å². The van der Waals surface area contributed by atoms with E-state index in [1.165, 1.54) is 6.07 Å². The maximum Gasteiger partial charge on any atom is 0.274 e. The number of oxazole rings is 1. The van der Waals surface area contributed by atoms with Crippen LogP contribution in [0.25, 0.3) is 0 Å². The Kier molecular flexibility index (Phi) is 6.32. The molecule has 0 spiro atoms. The first-order valence-electron chi connectivity index (χ1n) is 8.51. The number of nitrogens with zero attached hydrogens (tertiary/aromatic N) is 3. The van der Waals surface area contributed by atoms with Gasteiger partial charge in [0.05, 0.1) is 29.8 Å². The Morgan fingerprint density at radius 2 is 2.04 bits per heavy atom. The fraction of sp³-hybridized carbons (Fsp3) is 0.444. The zero-order valence-corrected chi connectivity index (χ0v) is 15.6. The molecule has 1 heterocycles. The summed E-state index contributed by atoms with van der Waals surface area (Å²) in [5.74, 6) is 1.92. The lowest BCUT2D eigenvalue weighted by Crippen LogP contribution is -2.36. The van der Waals surface area contributed by atoms with Crippen LogP contribution in [-0.4, -0.2) is 22.4 Å². The number of hydrogen-bond acceptors (Lipinski definition) is 5. The second kappa shape index (κ2) is 8.46. The highest BCUT2D eigenvalue weighted by atomic mass is 16.6. The van der Waals surface area contributed by atoms with Crippen molar-refractivity contribution in [3.63, 3.8) is 0 Å². The number of guanidine groups is 1. The highest BCUT2D eigenvalue weighted by Crippen LogP contribution is 2.22. The molecule has 1 aromatic heterocycles. The van der Waals surface area contributed by atoms with Crippen LogP contribution >= 0.6 is 0 Å². The summed E-state index contributed by atoms with van der Waals surface area (Å²) in [5.41, 5.74) is 0.520. The van der Waals surface area contributed by atoms with Crippen molar-refractivity contribution in [2.45, 2.75) is 46.2 Å². The standard InChI is InChI=1S/C18H25N5O3/c1-5-19-17(21-10-13-8-6-7-9-14(13)23(24)25)22-12-16-20-11-15(26-16)18(2,3)4/h6-9,11H,5,10,12H2,1-4H3,(H2,19,21,22). The molecule has 0 bridgehead atoms. The van der Waals surface area contributed by atoms with Gasteiger partial charge in [0, 0.05) is 18.0 Å². The molecule has 0 radical (unpaired) electrons. The van der Waals surface area contributed by atoms with Crippen LogP contribution in [0.15, 0.2) is 39.9 Å². The minimum atomic E-state index is -0.397. The molecular formula is C18H25N5O3. The molecule has 0 saturated carbocycles. The van der Waals surface area contributed by atoms with E-state index in [1.54, 1.807) is 24.4 Å². The first-order valence-corrected chi connectivity index (χ1v) is 8.51. The normalized spacial score (nSPS) is 12.1. The van der Waals surface area contributed by atoms with E-state index >= 15 is 0 Å². The Morgan fingerprint density at radius 3 is 2.65 bits per heavy atom. The molecule has 0 aliphatic carbocycles. The quantitative estimate of drug-likeness (QED) is 0.355. The highest BCUT2D eigenvalue weighted by molar-refractivity contribution is 5.79. The van der Waals surface area contributed by atoms with E-state index in [0.717, 1.165) is 5.76 Å². The zero-order chi connectivity index (χ0) is 19.2. The number of aromatic nitrogens is 1. The molecular weight excluding hydrogens is 334 g/mol. The maximum absolute atomic E-state index is 11.1. The fourth-order valence-electron chi connectivity index (χ4n) is 2.23. The van der Waals surface area contributed by atoms with E-state index in [9.17, 15) is 10.1 Å². The van der Waals surface area contributed by atoms with Crippen LogP contribution in [0.3, 0.4) is 0 Å². The third-order valence-corrected chi connectivity index (χ3v) is 3.64. The molecule has 0 amide bonds. The van der Waals surface area contributed by atoms with Gasteiger partial charge in [-0.2, -0.15) is 0 Å². The number of para-hydroxylation sites is 1. The monoisotopic (exact) mass is 359 g/mol. The number of nitrogens with one attached hydrogen (secondary N) is 2. The molecule has 8 nitrogen and oxygen atoms in total. The summed E-state index contributed by atoms with van der Waals surface area (Å²) in [6, 6.07) is 6.59. The predicted octanol–water partition coefficient (Wildman–Crippen LogP) is 3.14. The molecule has 26 heavy (non-hydrogen) atoms. The number of rotatable bonds is 6. The van der Waals surface area contributed by atoms with Crippen LogP contribution in [0.4, 0.5) is 5.69 Å². The number of hydrogen-bond donors (Lipinski definition) is 2. The van der Waals surface area contributed by atoms with Gasteiger partial charge in [0.1, 0.15) is 5.76 Å². The molecule has 8 heteroatoms. The van der Waals surface area contributed by atoms with E-state index in [0.29, 0.717) is 30.5 Å². The first kappa shape index (κ1) is 19.4. The summed E-state index contributed by atoms with van der Waals surface area (Å²) in [6.07, 6.45) is 1.73. The van der Waals surface area contributed by atoms with Crippen molar-refractivity contribution in [3.05, 3.63) is 57.8 Å². The third kappa shape index (κ3) is 5.30. The van der Waals surface area contributed by atoms with Gasteiger partial charge in [-0.15, -0.1) is 0 Å². The van der Waals surface area contributed by atoms with Crippen molar-refractivity contribution in [3.8, 4) is 0 Å². The summed E-state index contributed by atoms with van der Waals surface area (Å²) in [7, 11) is 0. The van der Waals surface area contributed by atoms with Crippen molar-refractivity contribution < 1.29 is 9.34 Å². The number of nitro benzene ring substituents is 1. The Labute approximate surface area is 152 Å². The summed E-state index contributed by atoms with van der Waals surface area (Å²) < 4.78 is 5.74. The van der Waals surface area contributed by atoms with Crippen molar-refractivity contribution in [2.24, 2.45) is 4.99 Å². The van der Waals surface area contributed by atoms with Gasteiger partial charge in [-0.05, 0) is 6.92 Å². The van der Waals surface area contributed by atoms with Gasteiger partial charge in [-0.25, -0.2) is 9.98 Å². The van der Waals surface area contributed by atoms with Crippen LogP contribution in [0.1, 0.15) is 44.9 Å². The number of nitro groups is 1. The lowest BCUT2D eigenvalue weighted by molar-refractivity contribution is -0.385. The van der Waals surface area contributed by atoms with E-state index in [-0.39, 0.29) is 17.6 Å². The van der Waals surface area contributed by atoms with E-state index in [4.69, 9.17) is 4.42 Å². The molecule has 2 N–H and O–H groups in total. The SMILES string of the molecule is CCNC(=NCc1ccccc1[N+](=O)[O-])NCc1ncc(C(C)(C)C)o1. The number of aliphatic imine (C=N–C) groups is 1. The summed E-state index contributed by atoms with van der Waals surface area (Å²) in [5, 5.41) is 17.3. The maximum atomic E-state index is 11.1. The predicted molar refractivity (Wildman–Crippen MR) is 100.0 cm³/mol. The van der Waals surface area contributed by atoms with Crippen LogP contribution in [0, 0.1) is 10.1 Å². The molecule has 0 fully saturated rings. The zero-order valence-electron chi connectivity index (χ0n) is 15.6. The second-order valence-electron chi connectivity index (χ2n) is 6.80. The second-order valence-corrected chi connectivity index (χ2v) is 6.80. The largest absolute Gasteiger partial charge is 0.443 e. The topological polar surface area (TPSA) is 106 Å². The first-order chi connectivity index (χ1) is 12.3. The van der Waals surface area contributed by atoms with Gasteiger partial charge in [-0.1, -0.05) is 39.0 Å². The molecule has 0 aliphatic rings. The summed E-state index contributed by atoms with van der Waals surface area (Å²) in [4.78, 5) is 19.4. The molecule has 1 aromatic carbocycles. The van der Waals surface area contributed by atoms with Crippen LogP contribution in [0.2, 0.25) is 0 Å². The highest BCUT2D eigenvalue weighted by Gasteiger charge is 2.19. The van der Waals surface area contributed by atoms with Gasteiger partial charge in [0.25, 0.3) is 5.69 Å². The van der Waals surface area contributed by atoms with Gasteiger partial charge in [0.15, 0.2) is 5.96 Å². The van der Waals surface area contributed by atoms with Crippen LogP contribution in [0.5, 0.6) is 0 Å². The van der Waals surface area contributed by atoms with Crippen molar-refractivity contribution in [2.75, 3.05) is 6.54 Å². The lowest BCUT2D eigenvalue weighted by Gasteiger charge is -2.13. The molecule has 0 aliphatic heterocycles. The van der Waals surface area contributed by atoms with Crippen LogP contribution in [-0.2, 0) is 18.5 Å². The van der Waals surface area contributed by atoms with Crippen LogP contribution < -0.4 is 10.6 Å². The summed E-state index contributed by atoms with van der Waals surface area (Å²) >= 11 is 0.